The highest BCUT2D eigenvalue weighted by atomic mass is 32.2. The second kappa shape index (κ2) is 7.09. The van der Waals surface area contributed by atoms with Crippen LogP contribution in [0.2, 0.25) is 0 Å². The first-order valence-corrected chi connectivity index (χ1v) is 8.62. The second-order valence-corrected chi connectivity index (χ2v) is 7.84. The van der Waals surface area contributed by atoms with Crippen LogP contribution in [0.4, 0.5) is 0 Å². The van der Waals surface area contributed by atoms with Crippen LogP contribution in [-0.2, 0) is 9.84 Å². The Morgan fingerprint density at radius 1 is 1.30 bits per heavy atom. The van der Waals surface area contributed by atoms with E-state index in [1.54, 1.807) is 21.0 Å². The van der Waals surface area contributed by atoms with E-state index in [-0.39, 0.29) is 17.0 Å². The standard InChI is InChI=1S/C15H25NO3S/c1-6-16-14(10-20(17,18)11(2)3)13-9-12(4)7-8-15(13)19-5/h7-9,11,14,16H,6,10H2,1-5H3. The molecule has 114 valence electrons. The van der Waals surface area contributed by atoms with Crippen molar-refractivity contribution in [3.8, 4) is 5.75 Å². The van der Waals surface area contributed by atoms with Crippen LogP contribution in [0.1, 0.15) is 37.9 Å². The molecule has 4 nitrogen and oxygen atoms in total. The maximum atomic E-state index is 12.2. The largest absolute Gasteiger partial charge is 0.496 e. The average molecular weight is 299 g/mol. The van der Waals surface area contributed by atoms with Gasteiger partial charge < -0.3 is 10.1 Å². The van der Waals surface area contributed by atoms with Gasteiger partial charge in [-0.2, -0.15) is 0 Å². The summed E-state index contributed by atoms with van der Waals surface area (Å²) in [6.45, 7) is 8.09. The summed E-state index contributed by atoms with van der Waals surface area (Å²) in [5.41, 5.74) is 1.99. The minimum Gasteiger partial charge on any atom is -0.496 e. The van der Waals surface area contributed by atoms with Crippen molar-refractivity contribution in [2.75, 3.05) is 19.4 Å². The molecule has 20 heavy (non-hydrogen) atoms. The van der Waals surface area contributed by atoms with Crippen molar-refractivity contribution in [1.82, 2.24) is 5.32 Å². The van der Waals surface area contributed by atoms with E-state index in [2.05, 4.69) is 5.32 Å². The number of ether oxygens (including phenoxy) is 1. The molecule has 1 unspecified atom stereocenters. The molecule has 0 aliphatic carbocycles. The van der Waals surface area contributed by atoms with Gasteiger partial charge in [-0.25, -0.2) is 8.42 Å². The van der Waals surface area contributed by atoms with Crippen molar-refractivity contribution in [3.05, 3.63) is 29.3 Å². The van der Waals surface area contributed by atoms with E-state index < -0.39 is 9.84 Å². The second-order valence-electron chi connectivity index (χ2n) is 5.23. The predicted octanol–water partition coefficient (Wildman–Crippen LogP) is 2.48. The number of methoxy groups -OCH3 is 1. The molecule has 5 heteroatoms. The minimum atomic E-state index is -3.12. The van der Waals surface area contributed by atoms with E-state index >= 15 is 0 Å². The topological polar surface area (TPSA) is 55.4 Å². The van der Waals surface area contributed by atoms with Gasteiger partial charge >= 0.3 is 0 Å². The minimum absolute atomic E-state index is 0.0817. The zero-order valence-electron chi connectivity index (χ0n) is 12.9. The molecule has 0 bridgehead atoms. The quantitative estimate of drug-likeness (QED) is 0.840. The Morgan fingerprint density at radius 3 is 2.45 bits per heavy atom. The average Bonchev–Trinajstić information content (AvgIpc) is 2.37. The molecule has 1 aromatic rings. The van der Waals surface area contributed by atoms with E-state index in [1.807, 2.05) is 32.0 Å². The predicted molar refractivity (Wildman–Crippen MR) is 83.1 cm³/mol. The number of sulfone groups is 1. The van der Waals surface area contributed by atoms with Crippen molar-refractivity contribution in [2.24, 2.45) is 0 Å². The molecule has 1 aromatic carbocycles. The summed E-state index contributed by atoms with van der Waals surface area (Å²) in [5.74, 6) is 0.804. The first-order valence-electron chi connectivity index (χ1n) is 6.91. The third-order valence-corrected chi connectivity index (χ3v) is 5.56. The first kappa shape index (κ1) is 17.0. The van der Waals surface area contributed by atoms with Crippen molar-refractivity contribution in [2.45, 2.75) is 39.0 Å². The van der Waals surface area contributed by atoms with Crippen LogP contribution in [0, 0.1) is 6.92 Å². The molecular formula is C15H25NO3S. The zero-order valence-corrected chi connectivity index (χ0v) is 13.8. The number of hydrogen-bond donors (Lipinski definition) is 1. The van der Waals surface area contributed by atoms with Crippen LogP contribution in [-0.4, -0.2) is 33.1 Å². The Kier molecular flexibility index (Phi) is 6.02. The van der Waals surface area contributed by atoms with Gasteiger partial charge in [0.15, 0.2) is 9.84 Å². The van der Waals surface area contributed by atoms with Crippen molar-refractivity contribution in [3.63, 3.8) is 0 Å². The molecule has 0 spiro atoms. The van der Waals surface area contributed by atoms with Crippen molar-refractivity contribution < 1.29 is 13.2 Å². The summed E-state index contributed by atoms with van der Waals surface area (Å²) >= 11 is 0. The van der Waals surface area contributed by atoms with Crippen LogP contribution in [0.15, 0.2) is 18.2 Å². The molecule has 0 saturated carbocycles. The summed E-state index contributed by atoms with van der Waals surface area (Å²) in [6, 6.07) is 5.59. The molecule has 1 rings (SSSR count). The van der Waals surface area contributed by atoms with E-state index in [0.29, 0.717) is 6.54 Å². The van der Waals surface area contributed by atoms with Gasteiger partial charge in [0, 0.05) is 11.6 Å². The molecule has 0 aromatic heterocycles. The number of hydrogen-bond acceptors (Lipinski definition) is 4. The van der Waals surface area contributed by atoms with Gasteiger partial charge in [-0.15, -0.1) is 0 Å². The van der Waals surface area contributed by atoms with Gasteiger partial charge in [-0.3, -0.25) is 0 Å². The summed E-state index contributed by atoms with van der Waals surface area (Å²) < 4.78 is 29.8. The highest BCUT2D eigenvalue weighted by Gasteiger charge is 2.25. The summed E-state index contributed by atoms with van der Waals surface area (Å²) in [6.07, 6.45) is 0. The monoisotopic (exact) mass is 299 g/mol. The van der Waals surface area contributed by atoms with Gasteiger partial charge in [-0.1, -0.05) is 24.6 Å². The van der Waals surface area contributed by atoms with E-state index in [0.717, 1.165) is 16.9 Å². The number of aryl methyl sites for hydroxylation is 1. The van der Waals surface area contributed by atoms with Crippen LogP contribution >= 0.6 is 0 Å². The zero-order chi connectivity index (χ0) is 15.3. The lowest BCUT2D eigenvalue weighted by atomic mass is 10.0. The van der Waals surface area contributed by atoms with Crippen LogP contribution < -0.4 is 10.1 Å². The van der Waals surface area contributed by atoms with Crippen molar-refractivity contribution in [1.29, 1.82) is 0 Å². The normalized spacial score (nSPS) is 13.5. The number of rotatable bonds is 7. The van der Waals surface area contributed by atoms with Gasteiger partial charge in [-0.05, 0) is 33.4 Å². The SMILES string of the molecule is CCNC(CS(=O)(=O)C(C)C)c1cc(C)ccc1OC. The molecule has 0 amide bonds. The molecule has 0 fully saturated rings. The van der Waals surface area contributed by atoms with Gasteiger partial charge in [0.2, 0.25) is 0 Å². The first-order chi connectivity index (χ1) is 9.31. The summed E-state index contributed by atoms with van der Waals surface area (Å²) in [7, 11) is -1.52. The molecule has 0 heterocycles. The molecular weight excluding hydrogens is 274 g/mol. The van der Waals surface area contributed by atoms with Gasteiger partial charge in [0.1, 0.15) is 5.75 Å². The Hall–Kier alpha value is -1.07. The molecule has 1 N–H and O–H groups in total. The maximum absolute atomic E-state index is 12.2. The Labute approximate surface area is 122 Å². The lowest BCUT2D eigenvalue weighted by Crippen LogP contribution is -2.31. The van der Waals surface area contributed by atoms with Gasteiger partial charge in [0.25, 0.3) is 0 Å². The van der Waals surface area contributed by atoms with Crippen LogP contribution in [0.3, 0.4) is 0 Å². The molecule has 0 aliphatic rings. The summed E-state index contributed by atoms with van der Waals surface area (Å²) in [5, 5.41) is 2.88. The maximum Gasteiger partial charge on any atom is 0.154 e. The summed E-state index contributed by atoms with van der Waals surface area (Å²) in [4.78, 5) is 0. The fourth-order valence-electron chi connectivity index (χ4n) is 2.06. The Morgan fingerprint density at radius 2 is 1.95 bits per heavy atom. The van der Waals surface area contributed by atoms with Crippen molar-refractivity contribution >= 4 is 9.84 Å². The van der Waals surface area contributed by atoms with E-state index in [4.69, 9.17) is 4.74 Å². The van der Waals surface area contributed by atoms with Crippen LogP contribution in [0.25, 0.3) is 0 Å². The third kappa shape index (κ3) is 4.21. The molecule has 1 atom stereocenters. The molecule has 0 aliphatic heterocycles. The molecule has 0 saturated heterocycles. The van der Waals surface area contributed by atoms with E-state index in [1.165, 1.54) is 0 Å². The highest BCUT2D eigenvalue weighted by Crippen LogP contribution is 2.28. The lowest BCUT2D eigenvalue weighted by molar-refractivity contribution is 0.402. The van der Waals surface area contributed by atoms with Crippen LogP contribution in [0.5, 0.6) is 5.75 Å². The molecule has 0 radical (unpaired) electrons. The highest BCUT2D eigenvalue weighted by molar-refractivity contribution is 7.92. The van der Waals surface area contributed by atoms with E-state index in [9.17, 15) is 8.42 Å². The fraction of sp³-hybridized carbons (Fsp3) is 0.600. The number of nitrogens with one attached hydrogen (secondary N) is 1. The third-order valence-electron chi connectivity index (χ3n) is 3.33. The number of benzene rings is 1. The Bertz CT molecular complexity index is 538. The lowest BCUT2D eigenvalue weighted by Gasteiger charge is -2.22. The van der Waals surface area contributed by atoms with Gasteiger partial charge in [0.05, 0.1) is 18.1 Å². The smallest absolute Gasteiger partial charge is 0.154 e. The fourth-order valence-corrected chi connectivity index (χ4v) is 3.20. The Balaban J connectivity index is 3.17.